The molecule has 1 amide bonds. The first kappa shape index (κ1) is 13.6. The topological polar surface area (TPSA) is 40.5 Å². The van der Waals surface area contributed by atoms with E-state index in [1.54, 1.807) is 23.1 Å². The minimum Gasteiger partial charge on any atom is -0.508 e. The third kappa shape index (κ3) is 3.77. The Morgan fingerprint density at radius 1 is 1.35 bits per heavy atom. The molecule has 17 heavy (non-hydrogen) atoms. The fourth-order valence-corrected chi connectivity index (χ4v) is 1.64. The summed E-state index contributed by atoms with van der Waals surface area (Å²) >= 11 is 0. The first-order chi connectivity index (χ1) is 7.91. The first-order valence-corrected chi connectivity index (χ1v) is 5.95. The summed E-state index contributed by atoms with van der Waals surface area (Å²) in [5, 5.41) is 9.34. The largest absolute Gasteiger partial charge is 0.508 e. The number of likely N-dealkylation sites (N-methyl/N-ethyl adjacent to an activating group) is 1. The lowest BCUT2D eigenvalue weighted by Crippen LogP contribution is -2.39. The van der Waals surface area contributed by atoms with Crippen LogP contribution >= 0.6 is 0 Å². The zero-order valence-electron chi connectivity index (χ0n) is 11.0. The van der Waals surface area contributed by atoms with Crippen molar-refractivity contribution in [3.63, 3.8) is 0 Å². The van der Waals surface area contributed by atoms with Crippen LogP contribution in [0.3, 0.4) is 0 Å². The molecule has 0 spiro atoms. The van der Waals surface area contributed by atoms with Crippen LogP contribution in [0.5, 0.6) is 5.75 Å². The van der Waals surface area contributed by atoms with Crippen LogP contribution in [0.2, 0.25) is 0 Å². The van der Waals surface area contributed by atoms with Crippen LogP contribution in [-0.4, -0.2) is 29.0 Å². The van der Waals surface area contributed by atoms with Gasteiger partial charge in [-0.3, -0.25) is 4.79 Å². The molecule has 0 bridgehead atoms. The van der Waals surface area contributed by atoms with Crippen molar-refractivity contribution >= 4 is 5.91 Å². The summed E-state index contributed by atoms with van der Waals surface area (Å²) < 4.78 is 0. The average Bonchev–Trinajstić information content (AvgIpc) is 2.26. The molecule has 0 fully saturated rings. The standard InChI is InChI=1S/C14H21NO2/c1-10(2)11(3)15(4)14(17)9-12-6-5-7-13(16)8-12/h5-8,10-11,16H,9H2,1-4H3. The molecular formula is C14H21NO2. The van der Waals surface area contributed by atoms with Gasteiger partial charge in [0, 0.05) is 13.1 Å². The van der Waals surface area contributed by atoms with Crippen molar-refractivity contribution in [3.05, 3.63) is 29.8 Å². The highest BCUT2D eigenvalue weighted by molar-refractivity contribution is 5.78. The molecule has 1 aromatic carbocycles. The van der Waals surface area contributed by atoms with Crippen LogP contribution in [0.1, 0.15) is 26.3 Å². The molecule has 1 N–H and O–H groups in total. The van der Waals surface area contributed by atoms with E-state index in [4.69, 9.17) is 0 Å². The highest BCUT2D eigenvalue weighted by Gasteiger charge is 2.18. The molecule has 1 aromatic rings. The van der Waals surface area contributed by atoms with Crippen molar-refractivity contribution in [1.29, 1.82) is 0 Å². The van der Waals surface area contributed by atoms with Crippen LogP contribution in [-0.2, 0) is 11.2 Å². The molecule has 3 heteroatoms. The average molecular weight is 235 g/mol. The highest BCUT2D eigenvalue weighted by Crippen LogP contribution is 2.14. The smallest absolute Gasteiger partial charge is 0.226 e. The maximum atomic E-state index is 12.0. The maximum absolute atomic E-state index is 12.0. The Kier molecular flexibility index (Phi) is 4.55. The minimum absolute atomic E-state index is 0.0804. The predicted molar refractivity (Wildman–Crippen MR) is 68.9 cm³/mol. The molecule has 1 atom stereocenters. The van der Waals surface area contributed by atoms with Crippen LogP contribution in [0.25, 0.3) is 0 Å². The van der Waals surface area contributed by atoms with Gasteiger partial charge in [-0.25, -0.2) is 0 Å². The quantitative estimate of drug-likeness (QED) is 0.870. The van der Waals surface area contributed by atoms with E-state index >= 15 is 0 Å². The van der Waals surface area contributed by atoms with E-state index in [0.29, 0.717) is 12.3 Å². The van der Waals surface area contributed by atoms with Crippen LogP contribution in [0.15, 0.2) is 24.3 Å². The first-order valence-electron chi connectivity index (χ1n) is 5.95. The number of carbonyl (C=O) groups excluding carboxylic acids is 1. The molecule has 0 saturated carbocycles. The molecule has 0 saturated heterocycles. The van der Waals surface area contributed by atoms with E-state index in [2.05, 4.69) is 13.8 Å². The lowest BCUT2D eigenvalue weighted by atomic mass is 10.0. The Labute approximate surface area is 103 Å². The molecule has 0 heterocycles. The summed E-state index contributed by atoms with van der Waals surface area (Å²) in [5.74, 6) is 0.722. The van der Waals surface area contributed by atoms with Gasteiger partial charge in [0.05, 0.1) is 6.42 Å². The molecule has 1 rings (SSSR count). The number of carbonyl (C=O) groups is 1. The second kappa shape index (κ2) is 5.71. The van der Waals surface area contributed by atoms with E-state index in [9.17, 15) is 9.90 Å². The van der Waals surface area contributed by atoms with Crippen LogP contribution in [0.4, 0.5) is 0 Å². The lowest BCUT2D eigenvalue weighted by molar-refractivity contribution is -0.131. The molecule has 0 aliphatic rings. The molecule has 0 aliphatic carbocycles. The Bertz CT molecular complexity index is 388. The fraction of sp³-hybridized carbons (Fsp3) is 0.500. The van der Waals surface area contributed by atoms with Gasteiger partial charge in [0.25, 0.3) is 0 Å². The highest BCUT2D eigenvalue weighted by atomic mass is 16.3. The fourth-order valence-electron chi connectivity index (χ4n) is 1.64. The molecule has 3 nitrogen and oxygen atoms in total. The number of benzene rings is 1. The van der Waals surface area contributed by atoms with E-state index in [1.165, 1.54) is 0 Å². The van der Waals surface area contributed by atoms with E-state index in [-0.39, 0.29) is 17.7 Å². The van der Waals surface area contributed by atoms with Gasteiger partial charge in [-0.2, -0.15) is 0 Å². The molecule has 0 aromatic heterocycles. The third-order valence-electron chi connectivity index (χ3n) is 3.24. The number of aromatic hydroxyl groups is 1. The number of hydrogen-bond donors (Lipinski definition) is 1. The number of phenolic OH excluding ortho intramolecular Hbond substituents is 1. The molecule has 0 aliphatic heterocycles. The van der Waals surface area contributed by atoms with E-state index in [0.717, 1.165) is 5.56 Å². The molecule has 0 radical (unpaired) electrons. The Balaban J connectivity index is 2.66. The zero-order chi connectivity index (χ0) is 13.0. The van der Waals surface area contributed by atoms with Crippen molar-refractivity contribution < 1.29 is 9.90 Å². The van der Waals surface area contributed by atoms with Gasteiger partial charge in [0.15, 0.2) is 0 Å². The normalized spacial score (nSPS) is 12.5. The minimum atomic E-state index is 0.0804. The summed E-state index contributed by atoms with van der Waals surface area (Å²) in [4.78, 5) is 13.8. The summed E-state index contributed by atoms with van der Waals surface area (Å²) in [7, 11) is 1.83. The number of hydrogen-bond acceptors (Lipinski definition) is 2. The van der Waals surface area contributed by atoms with Crippen LogP contribution < -0.4 is 0 Å². The molecule has 1 unspecified atom stereocenters. The molecular weight excluding hydrogens is 214 g/mol. The summed E-state index contributed by atoms with van der Waals surface area (Å²) in [6, 6.07) is 7.06. The zero-order valence-corrected chi connectivity index (χ0v) is 11.0. The monoisotopic (exact) mass is 235 g/mol. The molecule has 94 valence electrons. The number of nitrogens with zero attached hydrogens (tertiary/aromatic N) is 1. The van der Waals surface area contributed by atoms with Crippen LogP contribution in [0, 0.1) is 5.92 Å². The number of phenols is 1. The second-order valence-corrected chi connectivity index (χ2v) is 4.84. The van der Waals surface area contributed by atoms with Crippen molar-refractivity contribution in [1.82, 2.24) is 4.90 Å². The Morgan fingerprint density at radius 2 is 2.00 bits per heavy atom. The predicted octanol–water partition coefficient (Wildman–Crippen LogP) is 2.44. The summed E-state index contributed by atoms with van der Waals surface area (Å²) in [6.07, 6.45) is 0.335. The summed E-state index contributed by atoms with van der Waals surface area (Å²) in [5.41, 5.74) is 0.845. The number of rotatable bonds is 4. The van der Waals surface area contributed by atoms with Gasteiger partial charge >= 0.3 is 0 Å². The third-order valence-corrected chi connectivity index (χ3v) is 3.24. The van der Waals surface area contributed by atoms with Gasteiger partial charge in [-0.05, 0) is 30.5 Å². The van der Waals surface area contributed by atoms with E-state index in [1.807, 2.05) is 20.0 Å². The van der Waals surface area contributed by atoms with Crippen molar-refractivity contribution in [3.8, 4) is 5.75 Å². The Hall–Kier alpha value is -1.51. The second-order valence-electron chi connectivity index (χ2n) is 4.84. The van der Waals surface area contributed by atoms with Crippen molar-refractivity contribution in [2.45, 2.75) is 33.2 Å². The Morgan fingerprint density at radius 3 is 2.53 bits per heavy atom. The van der Waals surface area contributed by atoms with Gasteiger partial charge < -0.3 is 10.0 Å². The van der Waals surface area contributed by atoms with Crippen molar-refractivity contribution in [2.24, 2.45) is 5.92 Å². The van der Waals surface area contributed by atoms with Gasteiger partial charge in [0.2, 0.25) is 5.91 Å². The van der Waals surface area contributed by atoms with Gasteiger partial charge in [-0.1, -0.05) is 26.0 Å². The van der Waals surface area contributed by atoms with Gasteiger partial charge in [0.1, 0.15) is 5.75 Å². The van der Waals surface area contributed by atoms with E-state index < -0.39 is 0 Å². The van der Waals surface area contributed by atoms with Crippen molar-refractivity contribution in [2.75, 3.05) is 7.05 Å². The summed E-state index contributed by atoms with van der Waals surface area (Å²) in [6.45, 7) is 6.25. The SMILES string of the molecule is CC(C)C(C)N(C)C(=O)Cc1cccc(O)c1. The number of amides is 1. The lowest BCUT2D eigenvalue weighted by Gasteiger charge is -2.28. The van der Waals surface area contributed by atoms with Gasteiger partial charge in [-0.15, -0.1) is 0 Å². The maximum Gasteiger partial charge on any atom is 0.226 e.